The topological polar surface area (TPSA) is 66.9 Å². The molecule has 24 heavy (non-hydrogen) atoms. The van der Waals surface area contributed by atoms with Crippen LogP contribution in [0.2, 0.25) is 5.02 Å². The molecule has 0 fully saturated rings. The highest BCUT2D eigenvalue weighted by Gasteiger charge is 2.08. The molecule has 0 aliphatic carbocycles. The average molecular weight is 339 g/mol. The van der Waals surface area contributed by atoms with Crippen molar-refractivity contribution in [3.63, 3.8) is 0 Å². The van der Waals surface area contributed by atoms with Gasteiger partial charge < -0.3 is 10.6 Å². The van der Waals surface area contributed by atoms with Crippen molar-refractivity contribution in [3.05, 3.63) is 83.0 Å². The van der Waals surface area contributed by atoms with E-state index in [-0.39, 0.29) is 11.6 Å². The Morgan fingerprint density at radius 2 is 1.79 bits per heavy atom. The van der Waals surface area contributed by atoms with Gasteiger partial charge in [0.15, 0.2) is 11.5 Å². The summed E-state index contributed by atoms with van der Waals surface area (Å²) in [5, 5.41) is 14.5. The number of benzene rings is 2. The van der Waals surface area contributed by atoms with E-state index in [1.807, 2.05) is 42.5 Å². The number of aromatic nitrogens is 2. The molecule has 0 atom stereocenters. The molecule has 2 N–H and O–H groups in total. The summed E-state index contributed by atoms with van der Waals surface area (Å²) in [6.45, 7) is 0.448. The molecule has 1 amide bonds. The van der Waals surface area contributed by atoms with Crippen LogP contribution in [-0.2, 0) is 6.54 Å². The maximum Gasteiger partial charge on any atom is 0.272 e. The van der Waals surface area contributed by atoms with Crippen LogP contribution in [0.1, 0.15) is 16.1 Å². The van der Waals surface area contributed by atoms with Gasteiger partial charge in [0.05, 0.1) is 0 Å². The van der Waals surface area contributed by atoms with E-state index in [9.17, 15) is 4.79 Å². The van der Waals surface area contributed by atoms with Crippen LogP contribution in [0.15, 0.2) is 66.7 Å². The molecule has 3 rings (SSSR count). The largest absolute Gasteiger partial charge is 0.347 e. The molecule has 5 nitrogen and oxygen atoms in total. The van der Waals surface area contributed by atoms with Gasteiger partial charge in [0.2, 0.25) is 0 Å². The van der Waals surface area contributed by atoms with Crippen molar-refractivity contribution < 1.29 is 4.79 Å². The Morgan fingerprint density at radius 3 is 2.50 bits per heavy atom. The first kappa shape index (κ1) is 16.0. The summed E-state index contributed by atoms with van der Waals surface area (Å²) < 4.78 is 0. The SMILES string of the molecule is O=C(NCc1ccccc1)c1ccc(Nc2cccc(Cl)c2)nn1. The summed E-state index contributed by atoms with van der Waals surface area (Å²) in [6, 6.07) is 20.3. The van der Waals surface area contributed by atoms with Gasteiger partial charge in [0, 0.05) is 17.3 Å². The lowest BCUT2D eigenvalue weighted by Gasteiger charge is -2.07. The highest BCUT2D eigenvalue weighted by molar-refractivity contribution is 6.30. The zero-order valence-electron chi connectivity index (χ0n) is 12.7. The standard InChI is InChI=1S/C18H15ClN4O/c19-14-7-4-8-15(11-14)21-17-10-9-16(22-23-17)18(24)20-12-13-5-2-1-3-6-13/h1-11H,12H2,(H,20,24)(H,21,23). The predicted octanol–water partition coefficient (Wildman–Crippen LogP) is 3.80. The van der Waals surface area contributed by atoms with E-state index < -0.39 is 0 Å². The van der Waals surface area contributed by atoms with Gasteiger partial charge in [0.25, 0.3) is 5.91 Å². The van der Waals surface area contributed by atoms with E-state index in [0.717, 1.165) is 11.3 Å². The predicted molar refractivity (Wildman–Crippen MR) is 94.4 cm³/mol. The van der Waals surface area contributed by atoms with Crippen LogP contribution in [0.5, 0.6) is 0 Å². The minimum Gasteiger partial charge on any atom is -0.347 e. The van der Waals surface area contributed by atoms with Crippen LogP contribution in [0.25, 0.3) is 0 Å². The number of nitrogens with zero attached hydrogens (tertiary/aromatic N) is 2. The fourth-order valence-electron chi connectivity index (χ4n) is 2.10. The van der Waals surface area contributed by atoms with Crippen LogP contribution in [0, 0.1) is 0 Å². The number of nitrogens with one attached hydrogen (secondary N) is 2. The number of hydrogen-bond donors (Lipinski definition) is 2. The molecule has 0 bridgehead atoms. The molecule has 0 aliphatic rings. The van der Waals surface area contributed by atoms with Crippen molar-refractivity contribution in [1.82, 2.24) is 15.5 Å². The Bertz CT molecular complexity index is 822. The second-order valence-electron chi connectivity index (χ2n) is 5.11. The van der Waals surface area contributed by atoms with Crippen molar-refractivity contribution in [2.75, 3.05) is 5.32 Å². The molecule has 0 spiro atoms. The van der Waals surface area contributed by atoms with E-state index in [1.165, 1.54) is 0 Å². The zero-order chi connectivity index (χ0) is 16.8. The molecule has 1 heterocycles. The van der Waals surface area contributed by atoms with Gasteiger partial charge in [-0.3, -0.25) is 4.79 Å². The Labute approximate surface area is 144 Å². The summed E-state index contributed by atoms with van der Waals surface area (Å²) in [5.74, 6) is 0.275. The first-order valence-corrected chi connectivity index (χ1v) is 7.77. The van der Waals surface area contributed by atoms with Crippen LogP contribution in [0.3, 0.4) is 0 Å². The van der Waals surface area contributed by atoms with Crippen molar-refractivity contribution in [3.8, 4) is 0 Å². The summed E-state index contributed by atoms with van der Waals surface area (Å²) in [7, 11) is 0. The lowest BCUT2D eigenvalue weighted by Crippen LogP contribution is -2.24. The summed E-state index contributed by atoms with van der Waals surface area (Å²) in [5.41, 5.74) is 2.10. The molecular formula is C18H15ClN4O. The molecule has 2 aromatic carbocycles. The van der Waals surface area contributed by atoms with Crippen LogP contribution in [-0.4, -0.2) is 16.1 Å². The summed E-state index contributed by atoms with van der Waals surface area (Å²) in [6.07, 6.45) is 0. The van der Waals surface area contributed by atoms with E-state index in [4.69, 9.17) is 11.6 Å². The quantitative estimate of drug-likeness (QED) is 0.742. The molecule has 0 saturated heterocycles. The minimum atomic E-state index is -0.263. The highest BCUT2D eigenvalue weighted by Crippen LogP contribution is 2.18. The maximum absolute atomic E-state index is 12.1. The zero-order valence-corrected chi connectivity index (χ0v) is 13.5. The van der Waals surface area contributed by atoms with E-state index in [2.05, 4.69) is 20.8 Å². The van der Waals surface area contributed by atoms with Gasteiger partial charge in [-0.1, -0.05) is 48.0 Å². The van der Waals surface area contributed by atoms with Crippen molar-refractivity contribution in [2.45, 2.75) is 6.54 Å². The fourth-order valence-corrected chi connectivity index (χ4v) is 2.29. The van der Waals surface area contributed by atoms with Crippen LogP contribution >= 0.6 is 11.6 Å². The fraction of sp³-hybridized carbons (Fsp3) is 0.0556. The second-order valence-corrected chi connectivity index (χ2v) is 5.54. The maximum atomic E-state index is 12.1. The smallest absolute Gasteiger partial charge is 0.272 e. The molecule has 3 aromatic rings. The monoisotopic (exact) mass is 338 g/mol. The van der Waals surface area contributed by atoms with Gasteiger partial charge in [-0.05, 0) is 35.9 Å². The van der Waals surface area contributed by atoms with E-state index in [0.29, 0.717) is 17.4 Å². The molecular weight excluding hydrogens is 324 g/mol. The van der Waals surface area contributed by atoms with Gasteiger partial charge in [-0.15, -0.1) is 10.2 Å². The van der Waals surface area contributed by atoms with Crippen molar-refractivity contribution in [1.29, 1.82) is 0 Å². The third kappa shape index (κ3) is 4.30. The van der Waals surface area contributed by atoms with Crippen molar-refractivity contribution >= 4 is 29.0 Å². The number of halogens is 1. The Kier molecular flexibility index (Phi) is 5.03. The molecule has 0 aliphatic heterocycles. The lowest BCUT2D eigenvalue weighted by molar-refractivity contribution is 0.0945. The Hall–Kier alpha value is -2.92. The number of carbonyl (C=O) groups excluding carboxylic acids is 1. The minimum absolute atomic E-state index is 0.263. The van der Waals surface area contributed by atoms with Crippen LogP contribution in [0.4, 0.5) is 11.5 Å². The lowest BCUT2D eigenvalue weighted by atomic mass is 10.2. The number of rotatable bonds is 5. The molecule has 0 radical (unpaired) electrons. The molecule has 0 unspecified atom stereocenters. The summed E-state index contributed by atoms with van der Waals surface area (Å²) in [4.78, 5) is 12.1. The number of anilines is 2. The third-order valence-electron chi connectivity index (χ3n) is 3.29. The number of amides is 1. The van der Waals surface area contributed by atoms with Gasteiger partial charge in [0.1, 0.15) is 0 Å². The highest BCUT2D eigenvalue weighted by atomic mass is 35.5. The second kappa shape index (κ2) is 7.57. The van der Waals surface area contributed by atoms with Gasteiger partial charge in [-0.2, -0.15) is 0 Å². The van der Waals surface area contributed by atoms with Crippen LogP contribution < -0.4 is 10.6 Å². The van der Waals surface area contributed by atoms with Gasteiger partial charge >= 0.3 is 0 Å². The Balaban J connectivity index is 1.60. The molecule has 6 heteroatoms. The first-order valence-electron chi connectivity index (χ1n) is 7.39. The summed E-state index contributed by atoms with van der Waals surface area (Å²) >= 11 is 5.93. The average Bonchev–Trinajstić information content (AvgIpc) is 2.61. The Morgan fingerprint density at radius 1 is 0.958 bits per heavy atom. The molecule has 120 valence electrons. The first-order chi connectivity index (χ1) is 11.7. The normalized spacial score (nSPS) is 10.2. The number of hydrogen-bond acceptors (Lipinski definition) is 4. The van der Waals surface area contributed by atoms with Gasteiger partial charge in [-0.25, -0.2) is 0 Å². The van der Waals surface area contributed by atoms with E-state index in [1.54, 1.807) is 24.3 Å². The van der Waals surface area contributed by atoms with Crippen molar-refractivity contribution in [2.24, 2.45) is 0 Å². The van der Waals surface area contributed by atoms with E-state index >= 15 is 0 Å². The molecule has 0 saturated carbocycles. The molecule has 1 aromatic heterocycles. The third-order valence-corrected chi connectivity index (χ3v) is 3.53. The number of carbonyl (C=O) groups is 1.